The lowest BCUT2D eigenvalue weighted by Crippen LogP contribution is -2.24. The van der Waals surface area contributed by atoms with E-state index in [1.54, 1.807) is 10.6 Å². The van der Waals surface area contributed by atoms with Crippen LogP contribution >= 0.6 is 11.8 Å². The number of para-hydroxylation sites is 1. The van der Waals surface area contributed by atoms with Gasteiger partial charge < -0.3 is 9.84 Å². The molecule has 1 N–H and O–H groups in total. The molecule has 1 aromatic carbocycles. The Bertz CT molecular complexity index is 642. The highest BCUT2D eigenvalue weighted by Gasteiger charge is 2.10. The topological polar surface area (TPSA) is 64.3 Å². The summed E-state index contributed by atoms with van der Waals surface area (Å²) >= 11 is 1.51. The van der Waals surface area contributed by atoms with Crippen molar-refractivity contribution in [1.82, 2.24) is 9.55 Å². The molecule has 0 aliphatic rings. The number of fused-ring (bicyclic) bond motifs is 1. The Balaban J connectivity index is 2.33. The molecule has 114 valence electrons. The van der Waals surface area contributed by atoms with Crippen LogP contribution < -0.4 is 5.56 Å². The number of aliphatic hydroxyl groups is 1. The summed E-state index contributed by atoms with van der Waals surface area (Å²) in [5.41, 5.74) is 0.662. The van der Waals surface area contributed by atoms with Gasteiger partial charge in [0.05, 0.1) is 17.5 Å². The summed E-state index contributed by atoms with van der Waals surface area (Å²) < 4.78 is 6.97. The van der Waals surface area contributed by atoms with Crippen molar-refractivity contribution in [2.24, 2.45) is 0 Å². The molecule has 1 heterocycles. The molecule has 0 amide bonds. The number of benzene rings is 1. The fraction of sp³-hybridized carbons (Fsp3) is 0.467. The molecule has 0 unspecified atom stereocenters. The number of rotatable bonds is 8. The summed E-state index contributed by atoms with van der Waals surface area (Å²) in [6.07, 6.45) is 0.541. The molecule has 21 heavy (non-hydrogen) atoms. The van der Waals surface area contributed by atoms with E-state index in [4.69, 9.17) is 9.84 Å². The molecular formula is C15H20N2O3S. The maximum Gasteiger partial charge on any atom is 0.262 e. The molecule has 0 aliphatic heterocycles. The highest BCUT2D eigenvalue weighted by atomic mass is 32.2. The van der Waals surface area contributed by atoms with Crippen LogP contribution in [0.15, 0.2) is 34.2 Å². The first kappa shape index (κ1) is 16.0. The summed E-state index contributed by atoms with van der Waals surface area (Å²) in [6.45, 7) is 3.80. The second-order valence-electron chi connectivity index (χ2n) is 4.49. The summed E-state index contributed by atoms with van der Waals surface area (Å²) in [6, 6.07) is 7.35. The molecule has 5 nitrogen and oxygen atoms in total. The molecule has 0 fully saturated rings. The molecule has 0 spiro atoms. The molecular weight excluding hydrogens is 288 g/mol. The molecule has 0 bridgehead atoms. The smallest absolute Gasteiger partial charge is 0.262 e. The first-order valence-electron chi connectivity index (χ1n) is 7.09. The number of nitrogens with zero attached hydrogens (tertiary/aromatic N) is 2. The second kappa shape index (κ2) is 8.17. The van der Waals surface area contributed by atoms with E-state index in [-0.39, 0.29) is 12.2 Å². The Hall–Kier alpha value is -1.37. The number of aliphatic hydroxyl groups excluding tert-OH is 1. The van der Waals surface area contributed by atoms with Crippen molar-refractivity contribution in [3.63, 3.8) is 0 Å². The third-order valence-corrected chi connectivity index (χ3v) is 3.97. The summed E-state index contributed by atoms with van der Waals surface area (Å²) in [4.78, 5) is 17.1. The van der Waals surface area contributed by atoms with Crippen molar-refractivity contribution in [2.45, 2.75) is 25.0 Å². The molecule has 0 saturated carbocycles. The van der Waals surface area contributed by atoms with Gasteiger partial charge in [0.2, 0.25) is 0 Å². The molecule has 0 atom stereocenters. The summed E-state index contributed by atoms with van der Waals surface area (Å²) in [5, 5.41) is 10.3. The molecule has 1 aromatic heterocycles. The lowest BCUT2D eigenvalue weighted by Gasteiger charge is -2.12. The van der Waals surface area contributed by atoms with E-state index in [1.807, 2.05) is 25.1 Å². The van der Waals surface area contributed by atoms with Crippen LogP contribution in [0.1, 0.15) is 13.3 Å². The average Bonchev–Trinajstić information content (AvgIpc) is 2.51. The number of ether oxygens (including phenoxy) is 1. The van der Waals surface area contributed by atoms with Crippen LogP contribution in [0.25, 0.3) is 10.9 Å². The Labute approximate surface area is 128 Å². The van der Waals surface area contributed by atoms with Crippen LogP contribution in [-0.2, 0) is 11.3 Å². The number of hydrogen-bond donors (Lipinski definition) is 1. The van der Waals surface area contributed by atoms with E-state index in [2.05, 4.69) is 4.98 Å². The van der Waals surface area contributed by atoms with Gasteiger partial charge in [0.1, 0.15) is 0 Å². The van der Waals surface area contributed by atoms with Gasteiger partial charge in [-0.25, -0.2) is 4.98 Å². The van der Waals surface area contributed by atoms with Crippen molar-refractivity contribution >= 4 is 22.7 Å². The van der Waals surface area contributed by atoms with Crippen molar-refractivity contribution < 1.29 is 9.84 Å². The fourth-order valence-corrected chi connectivity index (χ4v) is 2.90. The minimum atomic E-state index is -0.0482. The van der Waals surface area contributed by atoms with Gasteiger partial charge in [-0.2, -0.15) is 0 Å². The number of aromatic nitrogens is 2. The maximum absolute atomic E-state index is 12.5. The summed E-state index contributed by atoms with van der Waals surface area (Å²) in [5.74, 6) is 0.748. The van der Waals surface area contributed by atoms with E-state index in [0.29, 0.717) is 42.2 Å². The van der Waals surface area contributed by atoms with Crippen LogP contribution in [0.3, 0.4) is 0 Å². The molecule has 2 rings (SSSR count). The SMILES string of the molecule is CCOCCSc1nc2ccccc2c(=O)n1CCCO. The van der Waals surface area contributed by atoms with Gasteiger partial charge >= 0.3 is 0 Å². The highest BCUT2D eigenvalue weighted by molar-refractivity contribution is 7.99. The van der Waals surface area contributed by atoms with Crippen LogP contribution in [0, 0.1) is 0 Å². The average molecular weight is 308 g/mol. The van der Waals surface area contributed by atoms with Gasteiger partial charge in [-0.15, -0.1) is 0 Å². The van der Waals surface area contributed by atoms with Gasteiger partial charge in [0.25, 0.3) is 5.56 Å². The van der Waals surface area contributed by atoms with E-state index >= 15 is 0 Å². The van der Waals surface area contributed by atoms with E-state index in [9.17, 15) is 4.79 Å². The first-order valence-corrected chi connectivity index (χ1v) is 8.07. The zero-order valence-corrected chi connectivity index (χ0v) is 12.9. The Morgan fingerprint density at radius 2 is 2.19 bits per heavy atom. The lowest BCUT2D eigenvalue weighted by atomic mass is 10.2. The standard InChI is InChI=1S/C15H20N2O3S/c1-2-20-10-11-21-15-16-13-7-4-3-6-12(13)14(19)17(15)8-5-9-18/h3-4,6-7,18H,2,5,8-11H2,1H3. The largest absolute Gasteiger partial charge is 0.396 e. The number of hydrogen-bond acceptors (Lipinski definition) is 5. The third-order valence-electron chi connectivity index (χ3n) is 3.03. The van der Waals surface area contributed by atoms with Crippen molar-refractivity contribution in [2.75, 3.05) is 25.6 Å². The van der Waals surface area contributed by atoms with Crippen LogP contribution in [0.5, 0.6) is 0 Å². The maximum atomic E-state index is 12.5. The quantitative estimate of drug-likeness (QED) is 0.458. The van der Waals surface area contributed by atoms with Gasteiger partial charge in [0.15, 0.2) is 5.16 Å². The van der Waals surface area contributed by atoms with Crippen molar-refractivity contribution in [3.8, 4) is 0 Å². The monoisotopic (exact) mass is 308 g/mol. The lowest BCUT2D eigenvalue weighted by molar-refractivity contribution is 0.164. The second-order valence-corrected chi connectivity index (χ2v) is 5.55. The van der Waals surface area contributed by atoms with Gasteiger partial charge in [-0.1, -0.05) is 23.9 Å². The summed E-state index contributed by atoms with van der Waals surface area (Å²) in [7, 11) is 0. The van der Waals surface area contributed by atoms with E-state index in [1.165, 1.54) is 11.8 Å². The fourth-order valence-electron chi connectivity index (χ4n) is 2.02. The minimum Gasteiger partial charge on any atom is -0.396 e. The predicted octanol–water partition coefficient (Wildman–Crippen LogP) is 1.91. The van der Waals surface area contributed by atoms with Crippen molar-refractivity contribution in [1.29, 1.82) is 0 Å². The van der Waals surface area contributed by atoms with E-state index < -0.39 is 0 Å². The molecule has 6 heteroatoms. The molecule has 2 aromatic rings. The van der Waals surface area contributed by atoms with Crippen LogP contribution in [-0.4, -0.2) is 40.2 Å². The Morgan fingerprint density at radius 3 is 2.95 bits per heavy atom. The normalized spacial score (nSPS) is 11.1. The predicted molar refractivity (Wildman–Crippen MR) is 84.9 cm³/mol. The van der Waals surface area contributed by atoms with Gasteiger partial charge in [-0.3, -0.25) is 9.36 Å². The number of thioether (sulfide) groups is 1. The van der Waals surface area contributed by atoms with Crippen LogP contribution in [0.4, 0.5) is 0 Å². The zero-order chi connectivity index (χ0) is 15.1. The van der Waals surface area contributed by atoms with Gasteiger partial charge in [-0.05, 0) is 25.5 Å². The van der Waals surface area contributed by atoms with E-state index in [0.717, 1.165) is 5.75 Å². The Kier molecular flexibility index (Phi) is 6.22. The van der Waals surface area contributed by atoms with Gasteiger partial charge in [0, 0.05) is 25.5 Å². The zero-order valence-electron chi connectivity index (χ0n) is 12.1. The molecule has 0 saturated heterocycles. The third kappa shape index (κ3) is 4.06. The minimum absolute atomic E-state index is 0.0482. The first-order chi connectivity index (χ1) is 10.3. The highest BCUT2D eigenvalue weighted by Crippen LogP contribution is 2.17. The molecule has 0 radical (unpaired) electrons. The Morgan fingerprint density at radius 1 is 1.38 bits per heavy atom. The molecule has 0 aliphatic carbocycles. The van der Waals surface area contributed by atoms with Crippen molar-refractivity contribution in [3.05, 3.63) is 34.6 Å². The van der Waals surface area contributed by atoms with Crippen LogP contribution in [0.2, 0.25) is 0 Å².